The molecular weight excluding hydrogens is 422 g/mol. The summed E-state index contributed by atoms with van der Waals surface area (Å²) in [7, 11) is 2.84. The molecule has 0 aromatic heterocycles. The Morgan fingerprint density at radius 3 is 2.12 bits per heavy atom. The summed E-state index contributed by atoms with van der Waals surface area (Å²) in [5, 5.41) is 0. The Kier molecular flexibility index (Phi) is 7.21. The maximum atomic E-state index is 13.4. The number of hydrogen-bond acceptors (Lipinski definition) is 6. The molecule has 2 atom stereocenters. The van der Waals surface area contributed by atoms with Crippen LogP contribution in [-0.4, -0.2) is 48.6 Å². The topological polar surface area (TPSA) is 82.1 Å². The van der Waals surface area contributed by atoms with Crippen molar-refractivity contribution >= 4 is 23.4 Å². The van der Waals surface area contributed by atoms with Gasteiger partial charge in [0.05, 0.1) is 20.6 Å². The molecule has 0 aliphatic carbocycles. The third-order valence-electron chi connectivity index (χ3n) is 5.29. The molecule has 0 N–H and O–H groups in total. The zero-order chi connectivity index (χ0) is 24.2. The van der Waals surface area contributed by atoms with Crippen LogP contribution in [0.15, 0.2) is 60.8 Å². The second-order valence-electron chi connectivity index (χ2n) is 8.76. The zero-order valence-corrected chi connectivity index (χ0v) is 19.5. The average Bonchev–Trinajstić information content (AvgIpc) is 3.16. The molecule has 33 heavy (non-hydrogen) atoms. The molecule has 1 heterocycles. The van der Waals surface area contributed by atoms with E-state index >= 15 is 0 Å². The van der Waals surface area contributed by atoms with E-state index in [-0.39, 0.29) is 12.3 Å². The van der Waals surface area contributed by atoms with Crippen molar-refractivity contribution in [2.45, 2.75) is 38.8 Å². The van der Waals surface area contributed by atoms with Gasteiger partial charge in [-0.25, -0.2) is 4.79 Å². The van der Waals surface area contributed by atoms with Crippen molar-refractivity contribution in [3.8, 4) is 5.75 Å². The number of amides is 1. The zero-order valence-electron chi connectivity index (χ0n) is 19.5. The fourth-order valence-corrected chi connectivity index (χ4v) is 3.86. The molecule has 1 aliphatic heterocycles. The van der Waals surface area contributed by atoms with Crippen LogP contribution in [0.1, 0.15) is 43.1 Å². The largest absolute Gasteiger partial charge is 0.497 e. The van der Waals surface area contributed by atoms with Gasteiger partial charge in [0.25, 0.3) is 5.91 Å². The quantitative estimate of drug-likeness (QED) is 0.616. The van der Waals surface area contributed by atoms with Gasteiger partial charge in [0.2, 0.25) is 0 Å². The lowest BCUT2D eigenvalue weighted by molar-refractivity contribution is -0.156. The fourth-order valence-electron chi connectivity index (χ4n) is 3.86. The van der Waals surface area contributed by atoms with E-state index in [0.29, 0.717) is 16.9 Å². The van der Waals surface area contributed by atoms with E-state index in [0.717, 1.165) is 5.56 Å². The Hall–Kier alpha value is -3.61. The summed E-state index contributed by atoms with van der Waals surface area (Å²) >= 11 is 0. The number of nitrogens with zero attached hydrogens (tertiary/aromatic N) is 1. The molecule has 2 aromatic rings. The van der Waals surface area contributed by atoms with Crippen LogP contribution in [0.4, 0.5) is 0 Å². The summed E-state index contributed by atoms with van der Waals surface area (Å²) in [5.74, 6) is -1.40. The van der Waals surface area contributed by atoms with Gasteiger partial charge in [0, 0.05) is 17.7 Å². The lowest BCUT2D eigenvalue weighted by atomic mass is 9.87. The highest BCUT2D eigenvalue weighted by Gasteiger charge is 2.45. The van der Waals surface area contributed by atoms with Crippen molar-refractivity contribution in [3.63, 3.8) is 0 Å². The first-order chi connectivity index (χ1) is 15.6. The summed E-state index contributed by atoms with van der Waals surface area (Å²) in [6.07, 6.45) is 1.54. The Morgan fingerprint density at radius 1 is 0.939 bits per heavy atom. The highest BCUT2D eigenvalue weighted by molar-refractivity contribution is 6.01. The van der Waals surface area contributed by atoms with Crippen molar-refractivity contribution in [1.82, 2.24) is 4.90 Å². The Morgan fingerprint density at radius 2 is 1.58 bits per heavy atom. The predicted molar refractivity (Wildman–Crippen MR) is 123 cm³/mol. The second-order valence-corrected chi connectivity index (χ2v) is 8.76. The van der Waals surface area contributed by atoms with Crippen LogP contribution in [0.25, 0.3) is 5.57 Å². The van der Waals surface area contributed by atoms with Crippen LogP contribution in [-0.2, 0) is 19.1 Å². The van der Waals surface area contributed by atoms with Gasteiger partial charge in [-0.15, -0.1) is 0 Å². The van der Waals surface area contributed by atoms with Crippen molar-refractivity contribution in [2.24, 2.45) is 5.92 Å². The van der Waals surface area contributed by atoms with Crippen LogP contribution < -0.4 is 4.74 Å². The molecule has 2 aromatic carbocycles. The van der Waals surface area contributed by atoms with E-state index in [4.69, 9.17) is 14.2 Å². The van der Waals surface area contributed by atoms with Crippen LogP contribution in [0.3, 0.4) is 0 Å². The van der Waals surface area contributed by atoms with E-state index in [1.807, 2.05) is 18.2 Å². The van der Waals surface area contributed by atoms with E-state index < -0.39 is 29.5 Å². The minimum atomic E-state index is -1.01. The number of hydrogen-bond donors (Lipinski definition) is 0. The maximum absolute atomic E-state index is 13.4. The summed E-state index contributed by atoms with van der Waals surface area (Å²) in [6, 6.07) is 14.9. The van der Waals surface area contributed by atoms with Crippen LogP contribution >= 0.6 is 0 Å². The van der Waals surface area contributed by atoms with Gasteiger partial charge in [-0.3, -0.25) is 14.5 Å². The maximum Gasteiger partial charge on any atom is 0.329 e. The van der Waals surface area contributed by atoms with Gasteiger partial charge in [0.1, 0.15) is 17.4 Å². The predicted octanol–water partition coefficient (Wildman–Crippen LogP) is 4.08. The summed E-state index contributed by atoms with van der Waals surface area (Å²) in [6.45, 7) is 5.34. The van der Waals surface area contributed by atoms with Crippen LogP contribution in [0.5, 0.6) is 5.75 Å². The molecule has 0 saturated carbocycles. The number of esters is 2. The minimum absolute atomic E-state index is 0.0898. The standard InChI is InChI=1S/C26H29NO6/c1-26(2,3)33-22(28)15-20-21(17-11-13-19(31-4)14-12-17)16-27(23(20)25(30)32-5)24(29)18-9-7-6-8-10-18/h6-14,16,20,23H,15H2,1-5H3/t20-,23-/m0/s1. The molecular formula is C26H29NO6. The summed E-state index contributed by atoms with van der Waals surface area (Å²) < 4.78 is 15.8. The number of carbonyl (C=O) groups excluding carboxylic acids is 3. The molecule has 1 amide bonds. The lowest BCUT2D eigenvalue weighted by Gasteiger charge is -2.27. The molecule has 0 bridgehead atoms. The third-order valence-corrected chi connectivity index (χ3v) is 5.29. The van der Waals surface area contributed by atoms with E-state index in [9.17, 15) is 14.4 Å². The van der Waals surface area contributed by atoms with Crippen molar-refractivity contribution in [1.29, 1.82) is 0 Å². The van der Waals surface area contributed by atoms with E-state index in [2.05, 4.69) is 0 Å². The molecule has 7 heteroatoms. The molecule has 0 spiro atoms. The fraction of sp³-hybridized carbons (Fsp3) is 0.346. The van der Waals surface area contributed by atoms with Crippen molar-refractivity contribution in [2.75, 3.05) is 14.2 Å². The molecule has 7 nitrogen and oxygen atoms in total. The monoisotopic (exact) mass is 451 g/mol. The number of benzene rings is 2. The van der Waals surface area contributed by atoms with Crippen molar-refractivity contribution < 1.29 is 28.6 Å². The smallest absolute Gasteiger partial charge is 0.329 e. The Labute approximate surface area is 193 Å². The highest BCUT2D eigenvalue weighted by Crippen LogP contribution is 2.40. The molecule has 0 radical (unpaired) electrons. The lowest BCUT2D eigenvalue weighted by Crippen LogP contribution is -2.44. The molecule has 3 rings (SSSR count). The molecule has 0 unspecified atom stereocenters. The minimum Gasteiger partial charge on any atom is -0.497 e. The van der Waals surface area contributed by atoms with Gasteiger partial charge in [-0.1, -0.05) is 30.3 Å². The first-order valence-corrected chi connectivity index (χ1v) is 10.7. The van der Waals surface area contributed by atoms with Gasteiger partial charge in [-0.05, 0) is 56.2 Å². The van der Waals surface area contributed by atoms with E-state index in [1.54, 1.807) is 70.5 Å². The van der Waals surface area contributed by atoms with E-state index in [1.165, 1.54) is 12.0 Å². The number of methoxy groups -OCH3 is 2. The average molecular weight is 452 g/mol. The number of rotatable bonds is 6. The van der Waals surface area contributed by atoms with Crippen LogP contribution in [0.2, 0.25) is 0 Å². The second kappa shape index (κ2) is 9.90. The molecule has 0 saturated heterocycles. The van der Waals surface area contributed by atoms with Crippen molar-refractivity contribution in [3.05, 3.63) is 71.9 Å². The first kappa shape index (κ1) is 24.0. The van der Waals surface area contributed by atoms with Gasteiger partial charge >= 0.3 is 11.9 Å². The Bertz CT molecular complexity index is 1040. The third kappa shape index (κ3) is 5.61. The van der Waals surface area contributed by atoms with Gasteiger partial charge in [0.15, 0.2) is 0 Å². The normalized spacial score (nSPS) is 17.8. The summed E-state index contributed by atoms with van der Waals surface area (Å²) in [5.41, 5.74) is 1.18. The Balaban J connectivity index is 2.06. The highest BCUT2D eigenvalue weighted by atomic mass is 16.6. The molecule has 174 valence electrons. The number of carbonyl (C=O) groups is 3. The summed E-state index contributed by atoms with van der Waals surface area (Å²) in [4.78, 5) is 40.4. The number of ether oxygens (including phenoxy) is 3. The van der Waals surface area contributed by atoms with Gasteiger partial charge < -0.3 is 14.2 Å². The molecule has 1 aliphatic rings. The SMILES string of the molecule is COC(=O)[C@@H]1[C@@H](CC(=O)OC(C)(C)C)C(c2ccc(OC)cc2)=CN1C(=O)c1ccccc1. The van der Waals surface area contributed by atoms with Crippen LogP contribution in [0, 0.1) is 5.92 Å². The first-order valence-electron chi connectivity index (χ1n) is 10.7. The molecule has 0 fully saturated rings. The van der Waals surface area contributed by atoms with Gasteiger partial charge in [-0.2, -0.15) is 0 Å².